The molecule has 2 aromatic rings. The molecule has 2 aromatic carbocycles. The van der Waals surface area contributed by atoms with Crippen LogP contribution in [0.25, 0.3) is 11.1 Å². The summed E-state index contributed by atoms with van der Waals surface area (Å²) in [5, 5.41) is 0.663. The number of carbonyl (C=O) groups excluding carboxylic acids is 2. The molecule has 0 aromatic heterocycles. The highest BCUT2D eigenvalue weighted by atomic mass is 35.5. The van der Waals surface area contributed by atoms with Crippen LogP contribution in [0.15, 0.2) is 42.5 Å². The van der Waals surface area contributed by atoms with Crippen molar-refractivity contribution in [1.82, 2.24) is 4.90 Å². The fourth-order valence-electron chi connectivity index (χ4n) is 3.21. The van der Waals surface area contributed by atoms with E-state index >= 15 is 0 Å². The molecule has 1 aliphatic heterocycles. The molecule has 1 amide bonds. The summed E-state index contributed by atoms with van der Waals surface area (Å²) in [7, 11) is 0. The summed E-state index contributed by atoms with van der Waals surface area (Å²) < 4.78 is 5.44. The number of hydrogen-bond acceptors (Lipinski definition) is 4. The van der Waals surface area contributed by atoms with Gasteiger partial charge in [-0.2, -0.15) is 0 Å². The summed E-state index contributed by atoms with van der Waals surface area (Å²) in [4.78, 5) is 27.8. The zero-order valence-corrected chi connectivity index (χ0v) is 17.2. The maximum atomic E-state index is 12.2. The molecular weight excluding hydrogens is 376 g/mol. The summed E-state index contributed by atoms with van der Waals surface area (Å²) in [5.41, 5.74) is 2.94. The highest BCUT2D eigenvalue weighted by molar-refractivity contribution is 6.30. The second-order valence-electron chi connectivity index (χ2n) is 7.85. The standard InChI is InChI=1S/C22H25ClN2O3/c1-22(2,3)28-21(27)25-12-10-24(11-13-25)19-8-9-20(17(14-19)15-26)16-4-6-18(23)7-5-16/h4-9,14-15H,10-13H2,1-3H3. The number of piperazine rings is 1. The fraction of sp³-hybridized carbons (Fsp3) is 0.364. The van der Waals surface area contributed by atoms with E-state index in [4.69, 9.17) is 16.3 Å². The van der Waals surface area contributed by atoms with Crippen LogP contribution in [0.5, 0.6) is 0 Å². The number of halogens is 1. The average molecular weight is 401 g/mol. The molecule has 1 aliphatic rings. The van der Waals surface area contributed by atoms with E-state index in [0.29, 0.717) is 36.8 Å². The first kappa shape index (κ1) is 20.2. The normalized spacial score (nSPS) is 14.7. The van der Waals surface area contributed by atoms with Gasteiger partial charge in [0.2, 0.25) is 0 Å². The van der Waals surface area contributed by atoms with Gasteiger partial charge in [0.15, 0.2) is 6.29 Å². The van der Waals surface area contributed by atoms with Gasteiger partial charge in [0.25, 0.3) is 0 Å². The van der Waals surface area contributed by atoms with Gasteiger partial charge in [0.1, 0.15) is 5.60 Å². The number of benzene rings is 2. The van der Waals surface area contributed by atoms with Crippen molar-refractivity contribution in [3.63, 3.8) is 0 Å². The van der Waals surface area contributed by atoms with E-state index in [1.54, 1.807) is 4.90 Å². The molecule has 6 heteroatoms. The summed E-state index contributed by atoms with van der Waals surface area (Å²) >= 11 is 5.96. The third-order valence-corrected chi connectivity index (χ3v) is 4.87. The largest absolute Gasteiger partial charge is 0.444 e. The number of rotatable bonds is 3. The van der Waals surface area contributed by atoms with Crippen LogP contribution in [0, 0.1) is 0 Å². The predicted molar refractivity (Wildman–Crippen MR) is 112 cm³/mol. The molecule has 0 spiro atoms. The van der Waals surface area contributed by atoms with Gasteiger partial charge < -0.3 is 14.5 Å². The lowest BCUT2D eigenvalue weighted by molar-refractivity contribution is 0.0240. The minimum Gasteiger partial charge on any atom is -0.444 e. The van der Waals surface area contributed by atoms with Gasteiger partial charge in [0, 0.05) is 42.5 Å². The van der Waals surface area contributed by atoms with E-state index in [2.05, 4.69) is 4.90 Å². The summed E-state index contributed by atoms with van der Waals surface area (Å²) in [6, 6.07) is 13.3. The van der Waals surface area contributed by atoms with Crippen LogP contribution < -0.4 is 4.90 Å². The van der Waals surface area contributed by atoms with Gasteiger partial charge >= 0.3 is 6.09 Å². The molecule has 1 fully saturated rings. The minimum atomic E-state index is -0.495. The zero-order chi connectivity index (χ0) is 20.3. The number of aldehydes is 1. The Bertz CT molecular complexity index is 851. The summed E-state index contributed by atoms with van der Waals surface area (Å²) in [6.07, 6.45) is 0.600. The Balaban J connectivity index is 1.71. The Kier molecular flexibility index (Phi) is 5.94. The van der Waals surface area contributed by atoms with Gasteiger partial charge in [-0.1, -0.05) is 29.8 Å². The number of ether oxygens (including phenoxy) is 1. The van der Waals surface area contributed by atoms with Crippen LogP contribution in [0.3, 0.4) is 0 Å². The third kappa shape index (κ3) is 4.84. The second kappa shape index (κ2) is 8.23. The Morgan fingerprint density at radius 2 is 1.68 bits per heavy atom. The number of anilines is 1. The molecule has 0 saturated carbocycles. The number of carbonyl (C=O) groups is 2. The van der Waals surface area contributed by atoms with Gasteiger partial charge in [-0.3, -0.25) is 4.79 Å². The monoisotopic (exact) mass is 400 g/mol. The van der Waals surface area contributed by atoms with E-state index < -0.39 is 5.60 Å². The first-order valence-electron chi connectivity index (χ1n) is 9.35. The van der Waals surface area contributed by atoms with E-state index in [1.165, 1.54) is 0 Å². The SMILES string of the molecule is CC(C)(C)OC(=O)N1CCN(c2ccc(-c3ccc(Cl)cc3)c(C=O)c2)CC1. The molecule has 0 atom stereocenters. The van der Waals surface area contributed by atoms with Gasteiger partial charge in [-0.15, -0.1) is 0 Å². The first-order valence-corrected chi connectivity index (χ1v) is 9.73. The Morgan fingerprint density at radius 3 is 2.25 bits per heavy atom. The lowest BCUT2D eigenvalue weighted by Crippen LogP contribution is -2.50. The highest BCUT2D eigenvalue weighted by Crippen LogP contribution is 2.28. The van der Waals surface area contributed by atoms with Crippen LogP contribution in [0.4, 0.5) is 10.5 Å². The molecule has 0 radical (unpaired) electrons. The highest BCUT2D eigenvalue weighted by Gasteiger charge is 2.26. The van der Waals surface area contributed by atoms with Gasteiger partial charge in [0.05, 0.1) is 0 Å². The maximum absolute atomic E-state index is 12.2. The maximum Gasteiger partial charge on any atom is 0.410 e. The lowest BCUT2D eigenvalue weighted by Gasteiger charge is -2.37. The third-order valence-electron chi connectivity index (χ3n) is 4.61. The molecule has 148 valence electrons. The molecule has 0 unspecified atom stereocenters. The number of amides is 1. The molecule has 0 aliphatic carbocycles. The molecular formula is C22H25ClN2O3. The van der Waals surface area contributed by atoms with Crippen LogP contribution >= 0.6 is 11.6 Å². The van der Waals surface area contributed by atoms with Crippen molar-refractivity contribution in [2.75, 3.05) is 31.1 Å². The molecule has 1 heterocycles. The van der Waals surface area contributed by atoms with Gasteiger partial charge in [-0.25, -0.2) is 4.79 Å². The molecule has 28 heavy (non-hydrogen) atoms. The summed E-state index contributed by atoms with van der Waals surface area (Å²) in [6.45, 7) is 8.16. The van der Waals surface area contributed by atoms with Crippen molar-refractivity contribution in [2.24, 2.45) is 0 Å². The quantitative estimate of drug-likeness (QED) is 0.689. The Hall–Kier alpha value is -2.53. The topological polar surface area (TPSA) is 49.9 Å². The molecule has 0 bridgehead atoms. The molecule has 5 nitrogen and oxygen atoms in total. The van der Waals surface area contributed by atoms with Crippen molar-refractivity contribution in [3.05, 3.63) is 53.1 Å². The van der Waals surface area contributed by atoms with E-state index in [1.807, 2.05) is 63.2 Å². The molecule has 1 saturated heterocycles. The van der Waals surface area contributed by atoms with Crippen molar-refractivity contribution in [2.45, 2.75) is 26.4 Å². The Morgan fingerprint density at radius 1 is 1.04 bits per heavy atom. The van der Waals surface area contributed by atoms with Crippen molar-refractivity contribution in [3.8, 4) is 11.1 Å². The van der Waals surface area contributed by atoms with E-state index in [0.717, 1.165) is 23.1 Å². The van der Waals surface area contributed by atoms with Crippen molar-refractivity contribution < 1.29 is 14.3 Å². The summed E-state index contributed by atoms with van der Waals surface area (Å²) in [5.74, 6) is 0. The average Bonchev–Trinajstić information content (AvgIpc) is 2.67. The number of nitrogens with zero attached hydrogens (tertiary/aromatic N) is 2. The zero-order valence-electron chi connectivity index (χ0n) is 16.4. The van der Waals surface area contributed by atoms with Crippen LogP contribution in [-0.2, 0) is 4.74 Å². The van der Waals surface area contributed by atoms with Gasteiger partial charge in [-0.05, 0) is 56.2 Å². The Labute approximate surface area is 170 Å². The van der Waals surface area contributed by atoms with Crippen molar-refractivity contribution >= 4 is 29.7 Å². The van der Waals surface area contributed by atoms with E-state index in [-0.39, 0.29) is 6.09 Å². The minimum absolute atomic E-state index is 0.279. The predicted octanol–water partition coefficient (Wildman–Crippen LogP) is 4.88. The lowest BCUT2D eigenvalue weighted by atomic mass is 9.99. The number of hydrogen-bond donors (Lipinski definition) is 0. The van der Waals surface area contributed by atoms with Crippen LogP contribution in [0.2, 0.25) is 5.02 Å². The fourth-order valence-corrected chi connectivity index (χ4v) is 3.34. The van der Waals surface area contributed by atoms with Crippen LogP contribution in [-0.4, -0.2) is 49.1 Å². The first-order chi connectivity index (χ1) is 13.3. The molecule has 3 rings (SSSR count). The second-order valence-corrected chi connectivity index (χ2v) is 8.29. The van der Waals surface area contributed by atoms with Crippen LogP contribution in [0.1, 0.15) is 31.1 Å². The van der Waals surface area contributed by atoms with Crippen molar-refractivity contribution in [1.29, 1.82) is 0 Å². The smallest absolute Gasteiger partial charge is 0.410 e. The molecule has 0 N–H and O–H groups in total. The van der Waals surface area contributed by atoms with E-state index in [9.17, 15) is 9.59 Å².